The Balaban J connectivity index is 1.36. The number of halogens is 3. The molecule has 0 aromatic carbocycles. The molecule has 3 fully saturated rings. The molecule has 13 heteroatoms. The number of carbonyl (C=O) groups is 1. The van der Waals surface area contributed by atoms with E-state index in [1.165, 1.54) is 28.9 Å². The predicted molar refractivity (Wildman–Crippen MR) is 138 cm³/mol. The quantitative estimate of drug-likeness (QED) is 0.602. The van der Waals surface area contributed by atoms with Gasteiger partial charge in [-0.05, 0) is 26.3 Å². The molecule has 5 rings (SSSR count). The normalized spacial score (nSPS) is 25.0. The summed E-state index contributed by atoms with van der Waals surface area (Å²) in [4.78, 5) is 45.4. The third-order valence-electron chi connectivity index (χ3n) is 8.89. The highest BCUT2D eigenvalue weighted by Gasteiger charge is 2.56. The van der Waals surface area contributed by atoms with Crippen molar-refractivity contribution in [2.45, 2.75) is 63.8 Å². The van der Waals surface area contributed by atoms with Crippen molar-refractivity contribution in [2.75, 3.05) is 51.2 Å². The Morgan fingerprint density at radius 1 is 1.10 bits per heavy atom. The Morgan fingerprint density at radius 3 is 2.46 bits per heavy atom. The molecule has 0 bridgehead atoms. The van der Waals surface area contributed by atoms with Crippen molar-refractivity contribution >= 4 is 22.9 Å². The zero-order chi connectivity index (χ0) is 28.0. The molecule has 1 saturated carbocycles. The standard InChI is InChI=1S/C26H36F3N7O3/c1-18(13-26(27,28)29)21(37)35-8-7-25(39,24(15-35)5-3-4-6-24)16-36-17-31-20-19(22(36)38)14-30-23(32-20)34-11-9-33(2)10-12-34/h14,17-18,39H,3-13,15-16H2,1-2H3. The van der Waals surface area contributed by atoms with Crippen LogP contribution in [-0.2, 0) is 11.3 Å². The van der Waals surface area contributed by atoms with Gasteiger partial charge < -0.3 is 19.8 Å². The monoisotopic (exact) mass is 551 g/mol. The molecule has 1 N–H and O–H groups in total. The third-order valence-corrected chi connectivity index (χ3v) is 8.89. The second kappa shape index (κ2) is 10.3. The molecule has 2 saturated heterocycles. The van der Waals surface area contributed by atoms with Crippen LogP contribution in [0.1, 0.15) is 45.4 Å². The number of aromatic nitrogens is 4. The van der Waals surface area contributed by atoms with E-state index in [-0.39, 0.29) is 37.0 Å². The van der Waals surface area contributed by atoms with Crippen LogP contribution in [0.15, 0.2) is 17.3 Å². The van der Waals surface area contributed by atoms with Crippen LogP contribution in [0, 0.1) is 11.3 Å². The van der Waals surface area contributed by atoms with Gasteiger partial charge in [-0.2, -0.15) is 18.2 Å². The van der Waals surface area contributed by atoms with Crippen LogP contribution in [0.2, 0.25) is 0 Å². The van der Waals surface area contributed by atoms with E-state index in [9.17, 15) is 27.9 Å². The fourth-order valence-electron chi connectivity index (χ4n) is 6.53. The van der Waals surface area contributed by atoms with Crippen molar-refractivity contribution in [1.82, 2.24) is 29.3 Å². The maximum Gasteiger partial charge on any atom is 0.389 e. The number of likely N-dealkylation sites (N-methyl/N-ethyl adjacent to an activating group) is 1. The molecule has 2 atom stereocenters. The maximum atomic E-state index is 13.4. The number of aliphatic hydroxyl groups is 1. The van der Waals surface area contributed by atoms with Crippen LogP contribution in [0.3, 0.4) is 0 Å². The lowest BCUT2D eigenvalue weighted by Crippen LogP contribution is -2.62. The highest BCUT2D eigenvalue weighted by atomic mass is 19.4. The number of hydrogen-bond donors (Lipinski definition) is 1. The summed E-state index contributed by atoms with van der Waals surface area (Å²) in [5.74, 6) is -1.20. The fraction of sp³-hybridized carbons (Fsp3) is 0.731. The van der Waals surface area contributed by atoms with E-state index >= 15 is 0 Å². The topological polar surface area (TPSA) is 108 Å². The first-order valence-corrected chi connectivity index (χ1v) is 13.6. The van der Waals surface area contributed by atoms with Gasteiger partial charge in [0.1, 0.15) is 11.7 Å². The number of fused-ring (bicyclic) bond motifs is 1. The van der Waals surface area contributed by atoms with Gasteiger partial charge in [-0.25, -0.2) is 9.97 Å². The first-order chi connectivity index (χ1) is 18.4. The molecule has 1 spiro atoms. The second-order valence-electron chi connectivity index (χ2n) is 11.6. The molecule has 3 aliphatic rings. The van der Waals surface area contributed by atoms with Crippen LogP contribution in [0.25, 0.3) is 11.0 Å². The second-order valence-corrected chi connectivity index (χ2v) is 11.6. The average Bonchev–Trinajstić information content (AvgIpc) is 3.36. The number of nitrogens with zero attached hydrogens (tertiary/aromatic N) is 7. The lowest BCUT2D eigenvalue weighted by molar-refractivity contribution is -0.172. The number of amides is 1. The molecule has 0 radical (unpaired) electrons. The van der Waals surface area contributed by atoms with Gasteiger partial charge in [-0.15, -0.1) is 0 Å². The highest BCUT2D eigenvalue weighted by Crippen LogP contribution is 2.51. The molecule has 2 aromatic rings. The van der Waals surface area contributed by atoms with Crippen LogP contribution >= 0.6 is 0 Å². The summed E-state index contributed by atoms with van der Waals surface area (Å²) in [5, 5.41) is 12.2. The number of piperidine rings is 1. The number of likely N-dealkylation sites (tertiary alicyclic amines) is 1. The van der Waals surface area contributed by atoms with E-state index in [1.807, 2.05) is 0 Å². The summed E-state index contributed by atoms with van der Waals surface area (Å²) in [7, 11) is 2.06. The molecule has 4 heterocycles. The Kier molecular flexibility index (Phi) is 7.34. The summed E-state index contributed by atoms with van der Waals surface area (Å²) in [5.41, 5.74) is -2.08. The van der Waals surface area contributed by atoms with Crippen LogP contribution in [0.5, 0.6) is 0 Å². The summed E-state index contributed by atoms with van der Waals surface area (Å²) < 4.78 is 40.1. The summed E-state index contributed by atoms with van der Waals surface area (Å²) in [6.45, 7) is 4.93. The number of anilines is 1. The number of alkyl halides is 3. The zero-order valence-electron chi connectivity index (χ0n) is 22.5. The van der Waals surface area contributed by atoms with Crippen molar-refractivity contribution in [2.24, 2.45) is 11.3 Å². The van der Waals surface area contributed by atoms with Crippen molar-refractivity contribution in [3.63, 3.8) is 0 Å². The third kappa shape index (κ3) is 5.47. The minimum atomic E-state index is -4.42. The Labute approximate surface area is 224 Å². The van der Waals surface area contributed by atoms with Gasteiger partial charge in [-0.1, -0.05) is 19.8 Å². The van der Waals surface area contributed by atoms with Gasteiger partial charge in [0.05, 0.1) is 18.6 Å². The van der Waals surface area contributed by atoms with Gasteiger partial charge in [0.25, 0.3) is 5.56 Å². The van der Waals surface area contributed by atoms with Gasteiger partial charge >= 0.3 is 6.18 Å². The van der Waals surface area contributed by atoms with E-state index in [1.54, 1.807) is 0 Å². The van der Waals surface area contributed by atoms with Crippen molar-refractivity contribution in [1.29, 1.82) is 0 Å². The predicted octanol–water partition coefficient (Wildman–Crippen LogP) is 2.05. The molecule has 1 aliphatic carbocycles. The minimum absolute atomic E-state index is 0.0187. The van der Waals surface area contributed by atoms with Gasteiger partial charge in [-0.3, -0.25) is 14.2 Å². The average molecular weight is 552 g/mol. The fourth-order valence-corrected chi connectivity index (χ4v) is 6.53. The van der Waals surface area contributed by atoms with E-state index in [0.29, 0.717) is 24.4 Å². The SMILES string of the molecule is CC(CC(F)(F)F)C(=O)N1CCC(O)(Cn2cnc3nc(N4CCN(C)CC4)ncc3c2=O)C2(CCCC2)C1. The zero-order valence-corrected chi connectivity index (χ0v) is 22.5. The molecule has 1 amide bonds. The Hall–Kier alpha value is -2.80. The largest absolute Gasteiger partial charge is 0.389 e. The summed E-state index contributed by atoms with van der Waals surface area (Å²) in [6, 6.07) is 0. The number of piperazine rings is 1. The van der Waals surface area contributed by atoms with Gasteiger partial charge in [0, 0.05) is 56.8 Å². The summed E-state index contributed by atoms with van der Waals surface area (Å²) in [6.07, 6.45) is 0.414. The lowest BCUT2D eigenvalue weighted by atomic mass is 9.65. The highest BCUT2D eigenvalue weighted by molar-refractivity contribution is 5.79. The van der Waals surface area contributed by atoms with E-state index in [2.05, 4.69) is 31.8 Å². The van der Waals surface area contributed by atoms with Crippen LogP contribution in [-0.4, -0.2) is 98.4 Å². The lowest BCUT2D eigenvalue weighted by Gasteiger charge is -2.52. The Morgan fingerprint density at radius 2 is 1.79 bits per heavy atom. The van der Waals surface area contributed by atoms with Crippen molar-refractivity contribution < 1.29 is 23.1 Å². The van der Waals surface area contributed by atoms with Gasteiger partial charge in [0.2, 0.25) is 11.9 Å². The van der Waals surface area contributed by atoms with E-state index < -0.39 is 35.4 Å². The molecule has 2 aliphatic heterocycles. The molecule has 2 aromatic heterocycles. The molecule has 10 nitrogen and oxygen atoms in total. The first-order valence-electron chi connectivity index (χ1n) is 13.6. The minimum Gasteiger partial charge on any atom is -0.387 e. The van der Waals surface area contributed by atoms with E-state index in [4.69, 9.17) is 0 Å². The maximum absolute atomic E-state index is 13.4. The number of carbonyl (C=O) groups excluding carboxylic acids is 1. The molecular weight excluding hydrogens is 515 g/mol. The van der Waals surface area contributed by atoms with Crippen molar-refractivity contribution in [3.8, 4) is 0 Å². The van der Waals surface area contributed by atoms with Crippen LogP contribution in [0.4, 0.5) is 19.1 Å². The first kappa shape index (κ1) is 27.8. The van der Waals surface area contributed by atoms with Crippen LogP contribution < -0.4 is 10.5 Å². The Bertz CT molecular complexity index is 1270. The summed E-state index contributed by atoms with van der Waals surface area (Å²) >= 11 is 0. The number of hydrogen-bond acceptors (Lipinski definition) is 8. The van der Waals surface area contributed by atoms with Crippen molar-refractivity contribution in [3.05, 3.63) is 22.9 Å². The van der Waals surface area contributed by atoms with E-state index in [0.717, 1.165) is 39.0 Å². The smallest absolute Gasteiger partial charge is 0.387 e. The molecular formula is C26H36F3N7O3. The molecule has 214 valence electrons. The molecule has 39 heavy (non-hydrogen) atoms. The molecule has 2 unspecified atom stereocenters. The number of rotatable bonds is 5. The van der Waals surface area contributed by atoms with Gasteiger partial charge in [0.15, 0.2) is 5.65 Å².